The first-order valence-corrected chi connectivity index (χ1v) is 15.0. The molecule has 0 aliphatic carbocycles. The Labute approximate surface area is 257 Å². The van der Waals surface area contributed by atoms with Crippen LogP contribution in [-0.2, 0) is 35.0 Å². The molecule has 0 aromatic heterocycles. The van der Waals surface area contributed by atoms with Crippen molar-refractivity contribution in [3.05, 3.63) is 81.0 Å². The molecule has 0 amide bonds. The van der Waals surface area contributed by atoms with Gasteiger partial charge in [-0.25, -0.2) is 4.79 Å². The molecular weight excluding hydrogens is 568 g/mol. The predicted molar refractivity (Wildman–Crippen MR) is 163 cm³/mol. The minimum atomic E-state index is -0.920. The number of nitro groups is 1. The fourth-order valence-corrected chi connectivity index (χ4v) is 5.49. The molecule has 0 N–H and O–H groups in total. The van der Waals surface area contributed by atoms with Crippen molar-refractivity contribution in [2.24, 2.45) is 10.9 Å². The Kier molecular flexibility index (Phi) is 12.0. The van der Waals surface area contributed by atoms with E-state index in [2.05, 4.69) is 4.99 Å². The molecule has 2 heterocycles. The maximum absolute atomic E-state index is 13.4. The summed E-state index contributed by atoms with van der Waals surface area (Å²) in [5.74, 6) is -2.29. The van der Waals surface area contributed by atoms with Gasteiger partial charge in [0.1, 0.15) is 11.7 Å². The van der Waals surface area contributed by atoms with Crippen molar-refractivity contribution in [2.45, 2.75) is 64.6 Å². The largest absolute Gasteiger partial charge is 0.493 e. The molecule has 3 atom stereocenters. The minimum absolute atomic E-state index is 0.0726. The van der Waals surface area contributed by atoms with Crippen LogP contribution in [0.4, 0.5) is 5.69 Å². The summed E-state index contributed by atoms with van der Waals surface area (Å²) in [4.78, 5) is 41.9. The van der Waals surface area contributed by atoms with E-state index in [-0.39, 0.29) is 24.2 Å². The third-order valence-electron chi connectivity index (χ3n) is 7.73. The molecule has 0 saturated carbocycles. The summed E-state index contributed by atoms with van der Waals surface area (Å²) < 4.78 is 27.9. The van der Waals surface area contributed by atoms with Crippen molar-refractivity contribution < 1.29 is 38.2 Å². The summed E-state index contributed by atoms with van der Waals surface area (Å²) in [7, 11) is 1.26. The SMILES string of the molecule is CCC1=NC(C)=C(C(=O)OCCCOc2ccc(CCOC3CCCCO3)cc2)C(c2cccc([N+](=O)[O-])c2)C1C(=O)OC. The van der Waals surface area contributed by atoms with Crippen molar-refractivity contribution in [3.8, 4) is 5.75 Å². The zero-order valence-electron chi connectivity index (χ0n) is 25.5. The van der Waals surface area contributed by atoms with E-state index in [0.29, 0.717) is 48.8 Å². The van der Waals surface area contributed by atoms with Crippen molar-refractivity contribution in [2.75, 3.05) is 33.5 Å². The van der Waals surface area contributed by atoms with Crippen molar-refractivity contribution >= 4 is 23.3 Å². The fourth-order valence-electron chi connectivity index (χ4n) is 5.49. The van der Waals surface area contributed by atoms with E-state index in [0.717, 1.165) is 37.9 Å². The third kappa shape index (κ3) is 8.51. The highest BCUT2D eigenvalue weighted by Crippen LogP contribution is 2.41. The van der Waals surface area contributed by atoms with E-state index in [4.69, 9.17) is 23.7 Å². The number of hydrogen-bond acceptors (Lipinski definition) is 10. The molecular formula is C33H40N2O9. The Balaban J connectivity index is 1.34. The number of aliphatic imine (C=N–C) groups is 1. The Morgan fingerprint density at radius 1 is 1.09 bits per heavy atom. The number of allylic oxidation sites excluding steroid dienone is 1. The maximum Gasteiger partial charge on any atom is 0.336 e. The van der Waals surface area contributed by atoms with Gasteiger partial charge < -0.3 is 23.7 Å². The molecule has 2 aliphatic heterocycles. The molecule has 3 unspecified atom stereocenters. The zero-order chi connectivity index (χ0) is 31.5. The highest BCUT2D eigenvalue weighted by Gasteiger charge is 2.43. The van der Waals surface area contributed by atoms with Crippen molar-refractivity contribution in [1.29, 1.82) is 0 Å². The van der Waals surface area contributed by atoms with Crippen LogP contribution < -0.4 is 4.74 Å². The standard InChI is InChI=1S/C33H40N2O9/c1-4-27-31(32(36)40-3)30(24-9-7-10-25(21-24)35(38)39)29(22(2)34-27)33(37)44-19-8-18-41-26-14-12-23(13-15-26)16-20-43-28-11-5-6-17-42-28/h7,9-10,12-15,21,28,30-31H,4-6,8,11,16-20H2,1-3H3. The van der Waals surface area contributed by atoms with Gasteiger partial charge in [-0.1, -0.05) is 31.2 Å². The first kappa shape index (κ1) is 32.8. The second kappa shape index (κ2) is 16.1. The molecule has 2 aromatic carbocycles. The molecule has 236 valence electrons. The number of ether oxygens (including phenoxy) is 5. The highest BCUT2D eigenvalue weighted by atomic mass is 16.7. The lowest BCUT2D eigenvalue weighted by Gasteiger charge is -2.32. The van der Waals surface area contributed by atoms with Gasteiger partial charge in [-0.2, -0.15) is 0 Å². The van der Waals surface area contributed by atoms with Gasteiger partial charge in [-0.15, -0.1) is 0 Å². The minimum Gasteiger partial charge on any atom is -0.493 e. The lowest BCUT2D eigenvalue weighted by Crippen LogP contribution is -2.37. The van der Waals surface area contributed by atoms with Crippen LogP contribution in [0.3, 0.4) is 0 Å². The number of rotatable bonds is 14. The number of carbonyl (C=O) groups excluding carboxylic acids is 2. The number of carbonyl (C=O) groups is 2. The summed E-state index contributed by atoms with van der Waals surface area (Å²) in [5.41, 5.74) is 2.53. The summed E-state index contributed by atoms with van der Waals surface area (Å²) in [5, 5.41) is 11.5. The zero-order valence-corrected chi connectivity index (χ0v) is 25.5. The molecule has 1 saturated heterocycles. The number of hydrogen-bond donors (Lipinski definition) is 0. The monoisotopic (exact) mass is 608 g/mol. The number of non-ortho nitro benzene ring substituents is 1. The van der Waals surface area contributed by atoms with E-state index in [9.17, 15) is 19.7 Å². The Morgan fingerprint density at radius 3 is 2.57 bits per heavy atom. The van der Waals surface area contributed by atoms with Crippen LogP contribution in [-0.4, -0.2) is 62.4 Å². The van der Waals surface area contributed by atoms with E-state index in [1.165, 1.54) is 25.3 Å². The molecule has 2 aliphatic rings. The Morgan fingerprint density at radius 2 is 1.89 bits per heavy atom. The molecule has 0 spiro atoms. The average Bonchev–Trinajstić information content (AvgIpc) is 3.04. The highest BCUT2D eigenvalue weighted by molar-refractivity contribution is 6.07. The van der Waals surface area contributed by atoms with Crippen LogP contribution in [0, 0.1) is 16.0 Å². The molecule has 0 bridgehead atoms. The summed E-state index contributed by atoms with van der Waals surface area (Å²) >= 11 is 0. The molecule has 2 aromatic rings. The van der Waals surface area contributed by atoms with Gasteiger partial charge in [0.25, 0.3) is 5.69 Å². The van der Waals surface area contributed by atoms with Gasteiger partial charge in [0.05, 0.1) is 37.4 Å². The fraction of sp³-hybridized carbons (Fsp3) is 0.485. The second-order valence-corrected chi connectivity index (χ2v) is 10.7. The molecule has 11 nitrogen and oxygen atoms in total. The maximum atomic E-state index is 13.4. The van der Waals surface area contributed by atoms with Crippen molar-refractivity contribution in [3.63, 3.8) is 0 Å². The van der Waals surface area contributed by atoms with Gasteiger partial charge >= 0.3 is 11.9 Å². The average molecular weight is 609 g/mol. The lowest BCUT2D eigenvalue weighted by atomic mass is 9.74. The number of nitrogens with zero attached hydrogens (tertiary/aromatic N) is 2. The van der Waals surface area contributed by atoms with Gasteiger partial charge in [0.2, 0.25) is 0 Å². The summed E-state index contributed by atoms with van der Waals surface area (Å²) in [6.45, 7) is 5.28. The molecule has 11 heteroatoms. The first-order valence-electron chi connectivity index (χ1n) is 15.0. The predicted octanol–water partition coefficient (Wildman–Crippen LogP) is 5.70. The van der Waals surface area contributed by atoms with Crippen molar-refractivity contribution in [1.82, 2.24) is 0 Å². The van der Waals surface area contributed by atoms with E-state index >= 15 is 0 Å². The van der Waals surface area contributed by atoms with Gasteiger partial charge in [-0.3, -0.25) is 19.9 Å². The first-order chi connectivity index (χ1) is 21.3. The smallest absolute Gasteiger partial charge is 0.336 e. The van der Waals surface area contributed by atoms with Crippen LogP contribution in [0.5, 0.6) is 5.75 Å². The van der Waals surface area contributed by atoms with Crippen LogP contribution in [0.1, 0.15) is 63.0 Å². The Bertz CT molecular complexity index is 1360. The summed E-state index contributed by atoms with van der Waals surface area (Å²) in [6.07, 6.45) is 4.73. The van der Waals surface area contributed by atoms with Crippen LogP contribution in [0.15, 0.2) is 64.8 Å². The normalized spacial score (nSPS) is 20.1. The van der Waals surface area contributed by atoms with Crippen LogP contribution in [0.25, 0.3) is 0 Å². The second-order valence-electron chi connectivity index (χ2n) is 10.7. The number of esters is 2. The van der Waals surface area contributed by atoms with Crippen LogP contribution in [0.2, 0.25) is 0 Å². The van der Waals surface area contributed by atoms with Crippen LogP contribution >= 0.6 is 0 Å². The topological polar surface area (TPSA) is 136 Å². The molecule has 4 rings (SSSR count). The summed E-state index contributed by atoms with van der Waals surface area (Å²) in [6, 6.07) is 13.7. The van der Waals surface area contributed by atoms with Gasteiger partial charge in [-0.05, 0) is 62.3 Å². The van der Waals surface area contributed by atoms with E-state index in [1.807, 2.05) is 31.2 Å². The lowest BCUT2D eigenvalue weighted by molar-refractivity contribution is -0.384. The molecule has 0 radical (unpaired) electrons. The van der Waals surface area contributed by atoms with E-state index < -0.39 is 28.7 Å². The Hall–Kier alpha value is -4.09. The molecule has 1 fully saturated rings. The third-order valence-corrected chi connectivity index (χ3v) is 7.73. The number of benzene rings is 2. The van der Waals surface area contributed by atoms with E-state index in [1.54, 1.807) is 13.0 Å². The number of methoxy groups -OCH3 is 1. The molecule has 44 heavy (non-hydrogen) atoms. The number of nitro benzene ring substituents is 1. The van der Waals surface area contributed by atoms with Gasteiger partial charge in [0.15, 0.2) is 6.29 Å². The quantitative estimate of drug-likeness (QED) is 0.114. The van der Waals surface area contributed by atoms with Gasteiger partial charge in [0, 0.05) is 42.5 Å².